The van der Waals surface area contributed by atoms with E-state index in [1.807, 2.05) is 32.0 Å². The molecule has 18 heavy (non-hydrogen) atoms. The Morgan fingerprint density at radius 1 is 1.17 bits per heavy atom. The smallest absolute Gasteiger partial charge is 0.237 e. The molecule has 1 heterocycles. The summed E-state index contributed by atoms with van der Waals surface area (Å²) in [5.41, 5.74) is 8.54. The van der Waals surface area contributed by atoms with E-state index in [4.69, 9.17) is 15.7 Å². The summed E-state index contributed by atoms with van der Waals surface area (Å²) in [4.78, 5) is 4.03. The first-order chi connectivity index (χ1) is 8.58. The van der Waals surface area contributed by atoms with Crippen molar-refractivity contribution in [1.82, 2.24) is 4.98 Å². The molecule has 90 valence electrons. The van der Waals surface area contributed by atoms with Gasteiger partial charge in [0.2, 0.25) is 5.88 Å². The number of pyridine rings is 1. The van der Waals surface area contributed by atoms with Gasteiger partial charge in [0.25, 0.3) is 0 Å². The van der Waals surface area contributed by atoms with Crippen LogP contribution in [0.15, 0.2) is 30.5 Å². The van der Waals surface area contributed by atoms with Gasteiger partial charge < -0.3 is 10.5 Å². The summed E-state index contributed by atoms with van der Waals surface area (Å²) in [6, 6.07) is 9.41. The summed E-state index contributed by atoms with van der Waals surface area (Å²) in [5.74, 6) is 0.943. The van der Waals surface area contributed by atoms with Crippen LogP contribution in [-0.4, -0.2) is 4.98 Å². The second-order valence-electron chi connectivity index (χ2n) is 4.16. The zero-order valence-electron chi connectivity index (χ0n) is 10.3. The molecular formula is C14H13N3O. The number of hydrogen-bond donors (Lipinski definition) is 1. The average Bonchev–Trinajstić information content (AvgIpc) is 2.30. The van der Waals surface area contributed by atoms with Crippen LogP contribution in [0.2, 0.25) is 0 Å². The molecule has 0 aliphatic carbocycles. The van der Waals surface area contributed by atoms with Crippen molar-refractivity contribution in [3.8, 4) is 17.7 Å². The van der Waals surface area contributed by atoms with E-state index in [1.54, 1.807) is 6.07 Å². The van der Waals surface area contributed by atoms with Gasteiger partial charge >= 0.3 is 0 Å². The summed E-state index contributed by atoms with van der Waals surface area (Å²) < 4.78 is 5.63. The number of ether oxygens (including phenoxy) is 1. The highest BCUT2D eigenvalue weighted by molar-refractivity contribution is 5.49. The van der Waals surface area contributed by atoms with Crippen LogP contribution in [-0.2, 0) is 0 Å². The lowest BCUT2D eigenvalue weighted by atomic mass is 10.1. The fourth-order valence-corrected chi connectivity index (χ4v) is 1.73. The lowest BCUT2D eigenvalue weighted by Gasteiger charge is -2.08. The molecule has 0 spiro atoms. The van der Waals surface area contributed by atoms with Gasteiger partial charge in [0.15, 0.2) is 0 Å². The molecule has 0 aliphatic heterocycles. The average molecular weight is 239 g/mol. The molecule has 0 saturated carbocycles. The van der Waals surface area contributed by atoms with Gasteiger partial charge in [-0.1, -0.05) is 6.07 Å². The summed E-state index contributed by atoms with van der Waals surface area (Å²) in [5, 5.41) is 9.00. The minimum Gasteiger partial charge on any atom is -0.438 e. The number of hydrogen-bond acceptors (Lipinski definition) is 4. The minimum atomic E-state index is 0.275. The van der Waals surface area contributed by atoms with Crippen LogP contribution in [0.4, 0.5) is 5.69 Å². The van der Waals surface area contributed by atoms with E-state index in [0.29, 0.717) is 17.0 Å². The van der Waals surface area contributed by atoms with Crippen molar-refractivity contribution in [1.29, 1.82) is 5.26 Å². The Kier molecular flexibility index (Phi) is 3.16. The maximum absolute atomic E-state index is 9.00. The van der Waals surface area contributed by atoms with Crippen molar-refractivity contribution in [2.45, 2.75) is 13.8 Å². The Bertz CT molecular complexity index is 609. The van der Waals surface area contributed by atoms with Gasteiger partial charge in [0, 0.05) is 0 Å². The Morgan fingerprint density at radius 3 is 2.44 bits per heavy atom. The molecule has 1 aromatic carbocycles. The Hall–Kier alpha value is -2.54. The Balaban J connectivity index is 2.37. The molecule has 0 amide bonds. The molecular weight excluding hydrogens is 226 g/mol. The molecule has 4 nitrogen and oxygen atoms in total. The largest absolute Gasteiger partial charge is 0.438 e. The molecule has 1 aromatic heterocycles. The van der Waals surface area contributed by atoms with E-state index in [2.05, 4.69) is 11.1 Å². The third kappa shape index (κ3) is 2.58. The van der Waals surface area contributed by atoms with Crippen LogP contribution >= 0.6 is 0 Å². The molecule has 0 aliphatic rings. The van der Waals surface area contributed by atoms with Gasteiger partial charge in [-0.05, 0) is 43.2 Å². The van der Waals surface area contributed by atoms with Crippen molar-refractivity contribution >= 4 is 5.69 Å². The number of aryl methyl sites for hydroxylation is 2. The van der Waals surface area contributed by atoms with Crippen molar-refractivity contribution in [2.24, 2.45) is 0 Å². The van der Waals surface area contributed by atoms with Gasteiger partial charge in [-0.2, -0.15) is 5.26 Å². The van der Waals surface area contributed by atoms with Gasteiger partial charge in [0.1, 0.15) is 17.4 Å². The first-order valence-corrected chi connectivity index (χ1v) is 5.50. The number of anilines is 1. The van der Waals surface area contributed by atoms with E-state index >= 15 is 0 Å². The fourth-order valence-electron chi connectivity index (χ4n) is 1.73. The van der Waals surface area contributed by atoms with Crippen LogP contribution in [0.3, 0.4) is 0 Å². The molecule has 2 aromatic rings. The minimum absolute atomic E-state index is 0.275. The third-order valence-corrected chi connectivity index (χ3v) is 2.40. The number of nitrogens with two attached hydrogens (primary N) is 1. The van der Waals surface area contributed by atoms with Gasteiger partial charge in [-0.3, -0.25) is 0 Å². The predicted molar refractivity (Wildman–Crippen MR) is 69.4 cm³/mol. The van der Waals surface area contributed by atoms with Crippen LogP contribution in [0.25, 0.3) is 0 Å². The standard InChI is InChI=1S/C14H13N3O/c1-9-3-10(2)5-13(4-9)18-14-11(7-15)6-12(16)8-17-14/h3-6,8H,16H2,1-2H3. The van der Waals surface area contributed by atoms with Crippen LogP contribution in [0, 0.1) is 25.2 Å². The van der Waals surface area contributed by atoms with Gasteiger partial charge in [-0.15, -0.1) is 0 Å². The molecule has 0 fully saturated rings. The molecule has 2 rings (SSSR count). The first-order valence-electron chi connectivity index (χ1n) is 5.50. The van der Waals surface area contributed by atoms with E-state index in [0.717, 1.165) is 11.1 Å². The van der Waals surface area contributed by atoms with Gasteiger partial charge in [0.05, 0.1) is 11.9 Å². The van der Waals surface area contributed by atoms with Crippen molar-refractivity contribution in [3.63, 3.8) is 0 Å². The van der Waals surface area contributed by atoms with Crippen LogP contribution < -0.4 is 10.5 Å². The van der Waals surface area contributed by atoms with E-state index < -0.39 is 0 Å². The third-order valence-electron chi connectivity index (χ3n) is 2.40. The number of nitrogens with zero attached hydrogens (tertiary/aromatic N) is 2. The summed E-state index contributed by atoms with van der Waals surface area (Å²) in [7, 11) is 0. The lowest BCUT2D eigenvalue weighted by molar-refractivity contribution is 0.461. The summed E-state index contributed by atoms with van der Waals surface area (Å²) >= 11 is 0. The zero-order valence-corrected chi connectivity index (χ0v) is 10.3. The van der Waals surface area contributed by atoms with E-state index in [-0.39, 0.29) is 5.88 Å². The Labute approximate surface area is 106 Å². The molecule has 2 N–H and O–H groups in total. The molecule has 4 heteroatoms. The predicted octanol–water partition coefficient (Wildman–Crippen LogP) is 2.94. The normalized spacial score (nSPS) is 9.83. The lowest BCUT2D eigenvalue weighted by Crippen LogP contribution is -1.95. The van der Waals surface area contributed by atoms with Crippen LogP contribution in [0.5, 0.6) is 11.6 Å². The number of benzene rings is 1. The summed E-state index contributed by atoms with van der Waals surface area (Å²) in [6.07, 6.45) is 1.47. The molecule has 0 unspecified atom stereocenters. The zero-order chi connectivity index (χ0) is 13.1. The van der Waals surface area contributed by atoms with Crippen LogP contribution in [0.1, 0.15) is 16.7 Å². The first kappa shape index (κ1) is 11.9. The number of aromatic nitrogens is 1. The molecule has 0 atom stereocenters. The molecule has 0 radical (unpaired) electrons. The fraction of sp³-hybridized carbons (Fsp3) is 0.143. The highest BCUT2D eigenvalue weighted by atomic mass is 16.5. The number of rotatable bonds is 2. The van der Waals surface area contributed by atoms with Gasteiger partial charge in [-0.25, -0.2) is 4.98 Å². The maximum atomic E-state index is 9.00. The number of nitrogen functional groups attached to an aromatic ring is 1. The highest BCUT2D eigenvalue weighted by Crippen LogP contribution is 2.25. The quantitative estimate of drug-likeness (QED) is 0.874. The topological polar surface area (TPSA) is 71.9 Å². The van der Waals surface area contributed by atoms with Crippen molar-refractivity contribution in [3.05, 3.63) is 47.2 Å². The second kappa shape index (κ2) is 4.76. The van der Waals surface area contributed by atoms with Crippen molar-refractivity contribution < 1.29 is 4.74 Å². The monoisotopic (exact) mass is 239 g/mol. The van der Waals surface area contributed by atoms with Crippen molar-refractivity contribution in [2.75, 3.05) is 5.73 Å². The Morgan fingerprint density at radius 2 is 1.83 bits per heavy atom. The van der Waals surface area contributed by atoms with E-state index in [9.17, 15) is 0 Å². The second-order valence-corrected chi connectivity index (χ2v) is 4.16. The highest BCUT2D eigenvalue weighted by Gasteiger charge is 2.07. The molecule has 0 saturated heterocycles. The van der Waals surface area contributed by atoms with E-state index in [1.165, 1.54) is 6.20 Å². The maximum Gasteiger partial charge on any atom is 0.237 e. The number of nitriles is 1. The SMILES string of the molecule is Cc1cc(C)cc(Oc2ncc(N)cc2C#N)c1. The summed E-state index contributed by atoms with van der Waals surface area (Å²) in [6.45, 7) is 3.98. The molecule has 0 bridgehead atoms.